The number of nitrogens with zero attached hydrogens (tertiary/aromatic N) is 1. The number of unbranched alkanes of at least 4 members (excludes halogenated alkanes) is 1. The Morgan fingerprint density at radius 2 is 2.29 bits per heavy atom. The summed E-state index contributed by atoms with van der Waals surface area (Å²) < 4.78 is 5.69. The molecule has 1 aromatic heterocycles. The molecule has 21 heavy (non-hydrogen) atoms. The van der Waals surface area contributed by atoms with Gasteiger partial charge in [0.1, 0.15) is 5.75 Å². The molecule has 0 bridgehead atoms. The van der Waals surface area contributed by atoms with Crippen molar-refractivity contribution in [1.82, 2.24) is 4.98 Å². The molecule has 0 aliphatic carbocycles. The number of thiazole rings is 1. The Labute approximate surface area is 132 Å². The summed E-state index contributed by atoms with van der Waals surface area (Å²) in [6.07, 6.45) is 1.89. The Morgan fingerprint density at radius 3 is 3.05 bits per heavy atom. The summed E-state index contributed by atoms with van der Waals surface area (Å²) in [5, 5.41) is 12.4. The minimum absolute atomic E-state index is 0.118. The second kappa shape index (κ2) is 7.85. The van der Waals surface area contributed by atoms with Crippen molar-refractivity contribution in [2.45, 2.75) is 12.8 Å². The van der Waals surface area contributed by atoms with Gasteiger partial charge in [-0.1, -0.05) is 12.1 Å². The van der Waals surface area contributed by atoms with Gasteiger partial charge in [-0.3, -0.25) is 5.41 Å². The van der Waals surface area contributed by atoms with E-state index in [1.165, 1.54) is 11.3 Å². The number of aromatic nitrogens is 1. The van der Waals surface area contributed by atoms with Crippen LogP contribution in [0.2, 0.25) is 0 Å². The van der Waals surface area contributed by atoms with Crippen molar-refractivity contribution in [2.75, 3.05) is 17.8 Å². The molecule has 0 saturated heterocycles. The van der Waals surface area contributed by atoms with Crippen LogP contribution in [0.4, 0.5) is 5.13 Å². The van der Waals surface area contributed by atoms with Gasteiger partial charge in [0, 0.05) is 16.8 Å². The second-order valence-corrected chi connectivity index (χ2v) is 5.59. The minimum atomic E-state index is -0.118. The van der Waals surface area contributed by atoms with Gasteiger partial charge in [-0.15, -0.1) is 22.9 Å². The zero-order valence-electron chi connectivity index (χ0n) is 11.4. The first-order chi connectivity index (χ1) is 10.2. The Balaban J connectivity index is 2.02. The molecule has 1 heterocycles. The van der Waals surface area contributed by atoms with Gasteiger partial charge in [0.25, 0.3) is 0 Å². The monoisotopic (exact) mass is 324 g/mol. The molecule has 7 heteroatoms. The van der Waals surface area contributed by atoms with Crippen LogP contribution in [0.15, 0.2) is 29.6 Å². The summed E-state index contributed by atoms with van der Waals surface area (Å²) in [4.78, 5) is 4.39. The number of hydrogen-bond donors (Lipinski definition) is 3. The van der Waals surface area contributed by atoms with Crippen molar-refractivity contribution in [3.8, 4) is 17.0 Å². The summed E-state index contributed by atoms with van der Waals surface area (Å²) in [6, 6.07) is 7.78. The summed E-state index contributed by atoms with van der Waals surface area (Å²) in [7, 11) is 0. The molecule has 0 atom stereocenters. The summed E-state index contributed by atoms with van der Waals surface area (Å²) in [5.74, 6) is 1.36. The highest BCUT2D eigenvalue weighted by molar-refractivity contribution is 7.14. The maximum Gasteiger partial charge on any atom is 0.192 e. The van der Waals surface area contributed by atoms with Crippen molar-refractivity contribution in [2.24, 2.45) is 5.73 Å². The van der Waals surface area contributed by atoms with Crippen LogP contribution < -0.4 is 15.8 Å². The van der Waals surface area contributed by atoms with E-state index in [4.69, 9.17) is 27.5 Å². The molecule has 0 saturated carbocycles. The normalized spacial score (nSPS) is 10.3. The lowest BCUT2D eigenvalue weighted by Gasteiger charge is -2.06. The number of nitrogens with two attached hydrogens (primary N) is 1. The van der Waals surface area contributed by atoms with Gasteiger partial charge in [-0.2, -0.15) is 0 Å². The number of benzene rings is 1. The molecule has 4 N–H and O–H groups in total. The predicted molar refractivity (Wildman–Crippen MR) is 88.5 cm³/mol. The number of alkyl halides is 1. The van der Waals surface area contributed by atoms with Crippen LogP contribution in [0.25, 0.3) is 11.3 Å². The highest BCUT2D eigenvalue weighted by Gasteiger charge is 2.06. The van der Waals surface area contributed by atoms with Crippen LogP contribution >= 0.6 is 22.9 Å². The van der Waals surface area contributed by atoms with Crippen LogP contribution in [0.3, 0.4) is 0 Å². The van der Waals surface area contributed by atoms with Crippen LogP contribution in [-0.4, -0.2) is 23.4 Å². The van der Waals surface area contributed by atoms with E-state index < -0.39 is 0 Å². The Morgan fingerprint density at radius 1 is 1.43 bits per heavy atom. The maximum absolute atomic E-state index is 7.19. The number of anilines is 1. The zero-order valence-corrected chi connectivity index (χ0v) is 13.0. The lowest BCUT2D eigenvalue weighted by atomic mass is 10.2. The molecule has 0 aliphatic heterocycles. The first kappa shape index (κ1) is 15.6. The Kier molecular flexibility index (Phi) is 5.83. The molecule has 2 rings (SSSR count). The fourth-order valence-electron chi connectivity index (χ4n) is 1.71. The molecule has 0 aliphatic rings. The molecular weight excluding hydrogens is 308 g/mol. The van der Waals surface area contributed by atoms with Crippen molar-refractivity contribution < 1.29 is 4.74 Å². The van der Waals surface area contributed by atoms with Crippen molar-refractivity contribution in [3.05, 3.63) is 29.6 Å². The molecular formula is C14H17ClN4OS. The zero-order chi connectivity index (χ0) is 15.1. The number of halogens is 1. The average Bonchev–Trinajstić information content (AvgIpc) is 2.92. The lowest BCUT2D eigenvalue weighted by molar-refractivity contribution is 0.310. The predicted octanol–water partition coefficient (Wildman–Crippen LogP) is 3.51. The smallest absolute Gasteiger partial charge is 0.192 e. The van der Waals surface area contributed by atoms with Gasteiger partial charge in [0.2, 0.25) is 0 Å². The number of ether oxygens (including phenoxy) is 1. The van der Waals surface area contributed by atoms with Crippen LogP contribution in [-0.2, 0) is 0 Å². The Bertz CT molecular complexity index is 602. The fourth-order valence-corrected chi connectivity index (χ4v) is 2.63. The fraction of sp³-hybridized carbons (Fsp3) is 0.286. The third kappa shape index (κ3) is 4.91. The van der Waals surface area contributed by atoms with Crippen LogP contribution in [0.1, 0.15) is 12.8 Å². The largest absolute Gasteiger partial charge is 0.494 e. The summed E-state index contributed by atoms with van der Waals surface area (Å²) >= 11 is 7.04. The number of guanidine groups is 1. The van der Waals surface area contributed by atoms with Gasteiger partial charge >= 0.3 is 0 Å². The third-order valence-corrected chi connectivity index (χ3v) is 3.70. The van der Waals surface area contributed by atoms with E-state index in [0.717, 1.165) is 29.8 Å². The van der Waals surface area contributed by atoms with Crippen LogP contribution in [0.5, 0.6) is 5.75 Å². The molecule has 0 spiro atoms. The maximum atomic E-state index is 7.19. The van der Waals surface area contributed by atoms with Crippen molar-refractivity contribution >= 4 is 34.0 Å². The molecule has 2 aromatic rings. The van der Waals surface area contributed by atoms with E-state index in [9.17, 15) is 0 Å². The molecule has 112 valence electrons. The second-order valence-electron chi connectivity index (χ2n) is 4.35. The third-order valence-electron chi connectivity index (χ3n) is 2.67. The topological polar surface area (TPSA) is 84.0 Å². The van der Waals surface area contributed by atoms with Gasteiger partial charge < -0.3 is 15.8 Å². The number of nitrogens with one attached hydrogen (secondary N) is 2. The average molecular weight is 325 g/mol. The van der Waals surface area contributed by atoms with Gasteiger partial charge in [0.05, 0.1) is 12.3 Å². The molecule has 0 unspecified atom stereocenters. The molecule has 1 aromatic carbocycles. The first-order valence-electron chi connectivity index (χ1n) is 6.55. The highest BCUT2D eigenvalue weighted by Crippen LogP contribution is 2.27. The van der Waals surface area contributed by atoms with E-state index in [1.54, 1.807) is 0 Å². The summed E-state index contributed by atoms with van der Waals surface area (Å²) in [6.45, 7) is 0.657. The highest BCUT2D eigenvalue weighted by atomic mass is 35.5. The quantitative estimate of drug-likeness (QED) is 0.315. The number of hydrogen-bond acceptors (Lipinski definition) is 4. The van der Waals surface area contributed by atoms with Crippen molar-refractivity contribution in [1.29, 1.82) is 5.41 Å². The molecule has 0 fully saturated rings. The van der Waals surface area contributed by atoms with E-state index in [1.807, 2.05) is 29.6 Å². The Hall–Kier alpha value is -1.79. The van der Waals surface area contributed by atoms with E-state index in [-0.39, 0.29) is 5.96 Å². The van der Waals surface area contributed by atoms with Gasteiger partial charge in [-0.25, -0.2) is 4.98 Å². The standard InChI is InChI=1S/C14H17ClN4OS/c15-6-1-2-7-20-11-5-3-4-10(8-11)12-9-21-14(18-12)19-13(16)17/h3-5,8-9H,1-2,6-7H2,(H4,16,17,18,19). The first-order valence-corrected chi connectivity index (χ1v) is 7.96. The van der Waals surface area contributed by atoms with Crippen LogP contribution in [0, 0.1) is 5.41 Å². The summed E-state index contributed by atoms with van der Waals surface area (Å²) in [5.41, 5.74) is 7.08. The van der Waals surface area contributed by atoms with E-state index in [0.29, 0.717) is 17.6 Å². The van der Waals surface area contributed by atoms with Crippen molar-refractivity contribution in [3.63, 3.8) is 0 Å². The minimum Gasteiger partial charge on any atom is -0.494 e. The SMILES string of the molecule is N=C(N)Nc1nc(-c2cccc(OCCCCCl)c2)cs1. The van der Waals surface area contributed by atoms with Gasteiger partial charge in [0.15, 0.2) is 11.1 Å². The van der Waals surface area contributed by atoms with Gasteiger partial charge in [-0.05, 0) is 25.0 Å². The van der Waals surface area contributed by atoms with E-state index >= 15 is 0 Å². The lowest BCUT2D eigenvalue weighted by Crippen LogP contribution is -2.20. The molecule has 0 amide bonds. The van der Waals surface area contributed by atoms with E-state index in [2.05, 4.69) is 10.3 Å². The molecule has 5 nitrogen and oxygen atoms in total. The number of rotatable bonds is 7. The molecule has 0 radical (unpaired) electrons.